The van der Waals surface area contributed by atoms with Crippen molar-refractivity contribution in [1.82, 2.24) is 20.9 Å². The van der Waals surface area contributed by atoms with Crippen molar-refractivity contribution in [3.63, 3.8) is 0 Å². The molecule has 0 unspecified atom stereocenters. The average Bonchev–Trinajstić information content (AvgIpc) is 2.93. The number of nitrogens with one attached hydrogen (secondary N) is 3. The lowest BCUT2D eigenvalue weighted by Gasteiger charge is -2.23. The smallest absolute Gasteiger partial charge is 0.269 e. The average molecular weight is 543 g/mol. The summed E-state index contributed by atoms with van der Waals surface area (Å²) in [6.45, 7) is 5.82. The molecule has 0 aliphatic rings. The molecule has 0 fully saturated rings. The Labute approximate surface area is 236 Å². The highest BCUT2D eigenvalue weighted by molar-refractivity contribution is 5.94. The lowest BCUT2D eigenvalue weighted by Crippen LogP contribution is -2.47. The van der Waals surface area contributed by atoms with Gasteiger partial charge in [0.1, 0.15) is 5.69 Å². The first-order chi connectivity index (χ1) is 19.1. The molecule has 3 amide bonds. The minimum atomic E-state index is -0.939. The van der Waals surface area contributed by atoms with Crippen LogP contribution in [0.1, 0.15) is 62.5 Å². The van der Waals surface area contributed by atoms with Crippen LogP contribution in [0.2, 0.25) is 0 Å². The molecule has 0 aliphatic heterocycles. The Balaban J connectivity index is 1.52. The summed E-state index contributed by atoms with van der Waals surface area (Å²) < 4.78 is 0. The SMILES string of the molecule is CC(C)(C)NC(=O)C[C@H](NC(=O)CCc1ccccc1)C(=O)CCCNC(=O)c1cc(-c2ccccc2)ccn1. The topological polar surface area (TPSA) is 117 Å². The van der Waals surface area contributed by atoms with Crippen molar-refractivity contribution in [2.75, 3.05) is 6.54 Å². The number of hydrogen-bond acceptors (Lipinski definition) is 5. The number of nitrogens with zero attached hydrogens (tertiary/aromatic N) is 1. The van der Waals surface area contributed by atoms with Crippen LogP contribution in [0.5, 0.6) is 0 Å². The van der Waals surface area contributed by atoms with Gasteiger partial charge in [0.05, 0.1) is 12.5 Å². The predicted octanol–water partition coefficient (Wildman–Crippen LogP) is 4.25. The number of carbonyl (C=O) groups excluding carboxylic acids is 4. The number of amides is 3. The van der Waals surface area contributed by atoms with E-state index in [0.29, 0.717) is 12.8 Å². The molecule has 3 rings (SSSR count). The number of aryl methyl sites for hydroxylation is 1. The van der Waals surface area contributed by atoms with Gasteiger partial charge in [0.15, 0.2) is 5.78 Å². The maximum absolute atomic E-state index is 13.1. The molecule has 8 nitrogen and oxygen atoms in total. The van der Waals surface area contributed by atoms with Crippen LogP contribution in [0.25, 0.3) is 11.1 Å². The second-order valence-electron chi connectivity index (χ2n) is 10.7. The zero-order valence-corrected chi connectivity index (χ0v) is 23.4. The normalized spacial score (nSPS) is 11.8. The Morgan fingerprint density at radius 3 is 2.17 bits per heavy atom. The van der Waals surface area contributed by atoms with E-state index in [2.05, 4.69) is 20.9 Å². The molecule has 0 spiro atoms. The van der Waals surface area contributed by atoms with Crippen molar-refractivity contribution in [3.8, 4) is 11.1 Å². The van der Waals surface area contributed by atoms with Crippen LogP contribution < -0.4 is 16.0 Å². The largest absolute Gasteiger partial charge is 0.351 e. The molecule has 3 aromatic rings. The van der Waals surface area contributed by atoms with Crippen LogP contribution in [0, 0.1) is 0 Å². The number of rotatable bonds is 13. The molecule has 8 heteroatoms. The van der Waals surface area contributed by atoms with Crippen molar-refractivity contribution < 1.29 is 19.2 Å². The highest BCUT2D eigenvalue weighted by Crippen LogP contribution is 2.18. The molecule has 0 saturated heterocycles. The van der Waals surface area contributed by atoms with Gasteiger partial charge >= 0.3 is 0 Å². The van der Waals surface area contributed by atoms with E-state index in [4.69, 9.17) is 0 Å². The Morgan fingerprint density at radius 1 is 0.825 bits per heavy atom. The highest BCUT2D eigenvalue weighted by atomic mass is 16.2. The standard InChI is InChI=1S/C32H38N4O4/c1-32(2,3)36-30(39)22-26(35-29(38)17-16-23-11-6-4-7-12-23)28(37)15-10-19-34-31(40)27-21-25(18-20-33-27)24-13-8-5-9-14-24/h4-9,11-14,18,20-21,26H,10,15-17,19,22H2,1-3H3,(H,34,40)(H,35,38)(H,36,39)/t26-/m0/s1. The van der Waals surface area contributed by atoms with Gasteiger partial charge in [0.25, 0.3) is 5.91 Å². The van der Waals surface area contributed by atoms with Crippen molar-refractivity contribution in [2.24, 2.45) is 0 Å². The van der Waals surface area contributed by atoms with Gasteiger partial charge in [-0.3, -0.25) is 24.2 Å². The molecule has 1 heterocycles. The summed E-state index contributed by atoms with van der Waals surface area (Å²) >= 11 is 0. The molecule has 0 aliphatic carbocycles. The van der Waals surface area contributed by atoms with Crippen LogP contribution in [0.15, 0.2) is 79.0 Å². The maximum Gasteiger partial charge on any atom is 0.269 e. The number of pyridine rings is 1. The van der Waals surface area contributed by atoms with Gasteiger partial charge in [-0.15, -0.1) is 0 Å². The molecule has 2 aromatic carbocycles. The van der Waals surface area contributed by atoms with Crippen molar-refractivity contribution in [3.05, 3.63) is 90.3 Å². The van der Waals surface area contributed by atoms with E-state index in [1.807, 2.05) is 87.5 Å². The zero-order valence-electron chi connectivity index (χ0n) is 23.4. The van der Waals surface area contributed by atoms with Crippen molar-refractivity contribution in [1.29, 1.82) is 0 Å². The van der Waals surface area contributed by atoms with E-state index in [0.717, 1.165) is 16.7 Å². The van der Waals surface area contributed by atoms with Gasteiger partial charge in [-0.25, -0.2) is 0 Å². The second kappa shape index (κ2) is 14.7. The molecule has 3 N–H and O–H groups in total. The molecule has 40 heavy (non-hydrogen) atoms. The lowest BCUT2D eigenvalue weighted by molar-refractivity contribution is -0.131. The number of hydrogen-bond donors (Lipinski definition) is 3. The number of Topliss-reactive ketones (excluding diaryl/α,β-unsaturated/α-hetero) is 1. The van der Waals surface area contributed by atoms with Crippen LogP contribution in [0.3, 0.4) is 0 Å². The lowest BCUT2D eigenvalue weighted by atomic mass is 10.0. The van der Waals surface area contributed by atoms with Crippen LogP contribution in [0.4, 0.5) is 0 Å². The Morgan fingerprint density at radius 2 is 1.50 bits per heavy atom. The van der Waals surface area contributed by atoms with Gasteiger partial charge in [0, 0.05) is 31.1 Å². The predicted molar refractivity (Wildman–Crippen MR) is 155 cm³/mol. The van der Waals surface area contributed by atoms with Crippen molar-refractivity contribution >= 4 is 23.5 Å². The van der Waals surface area contributed by atoms with Crippen molar-refractivity contribution in [2.45, 2.75) is 64.5 Å². The summed E-state index contributed by atoms with van der Waals surface area (Å²) in [4.78, 5) is 55.1. The summed E-state index contributed by atoms with van der Waals surface area (Å²) in [5, 5.41) is 8.40. The fourth-order valence-electron chi connectivity index (χ4n) is 4.16. The quantitative estimate of drug-likeness (QED) is 0.279. The fourth-order valence-corrected chi connectivity index (χ4v) is 4.16. The van der Waals surface area contributed by atoms with E-state index in [-0.39, 0.29) is 55.0 Å². The van der Waals surface area contributed by atoms with Crippen LogP contribution in [-0.2, 0) is 20.8 Å². The zero-order chi connectivity index (χ0) is 29.0. The van der Waals surface area contributed by atoms with E-state index in [1.165, 1.54) is 0 Å². The molecule has 1 atom stereocenters. The van der Waals surface area contributed by atoms with Gasteiger partial charge in [-0.2, -0.15) is 0 Å². The minimum Gasteiger partial charge on any atom is -0.351 e. The number of benzene rings is 2. The summed E-state index contributed by atoms with van der Waals surface area (Å²) in [5.74, 6) is -1.19. The Bertz CT molecular complexity index is 1290. The minimum absolute atomic E-state index is 0.101. The number of carbonyl (C=O) groups is 4. The first-order valence-electron chi connectivity index (χ1n) is 13.6. The molecule has 0 saturated carbocycles. The third-order valence-electron chi connectivity index (χ3n) is 6.10. The number of aromatic nitrogens is 1. The first kappa shape index (κ1) is 30.2. The fraction of sp³-hybridized carbons (Fsp3) is 0.344. The third kappa shape index (κ3) is 10.4. The molecular formula is C32H38N4O4. The van der Waals surface area contributed by atoms with E-state index < -0.39 is 11.6 Å². The summed E-state index contributed by atoms with van der Waals surface area (Å²) in [6.07, 6.45) is 2.65. The van der Waals surface area contributed by atoms with Gasteiger partial charge in [-0.05, 0) is 62.4 Å². The molecular weight excluding hydrogens is 504 g/mol. The van der Waals surface area contributed by atoms with E-state index in [9.17, 15) is 19.2 Å². The maximum atomic E-state index is 13.1. The summed E-state index contributed by atoms with van der Waals surface area (Å²) in [6, 6.07) is 21.9. The second-order valence-corrected chi connectivity index (χ2v) is 10.7. The monoisotopic (exact) mass is 542 g/mol. The van der Waals surface area contributed by atoms with E-state index in [1.54, 1.807) is 12.3 Å². The summed E-state index contributed by atoms with van der Waals surface area (Å²) in [5.41, 5.74) is 2.71. The summed E-state index contributed by atoms with van der Waals surface area (Å²) in [7, 11) is 0. The number of ketones is 1. The van der Waals surface area contributed by atoms with Gasteiger partial charge in [-0.1, -0.05) is 60.7 Å². The van der Waals surface area contributed by atoms with Gasteiger partial charge in [0.2, 0.25) is 11.8 Å². The Hall–Kier alpha value is -4.33. The van der Waals surface area contributed by atoms with Crippen LogP contribution >= 0.6 is 0 Å². The molecule has 0 radical (unpaired) electrons. The van der Waals surface area contributed by atoms with Gasteiger partial charge < -0.3 is 16.0 Å². The highest BCUT2D eigenvalue weighted by Gasteiger charge is 2.25. The molecule has 1 aromatic heterocycles. The first-order valence-corrected chi connectivity index (χ1v) is 13.6. The van der Waals surface area contributed by atoms with E-state index >= 15 is 0 Å². The van der Waals surface area contributed by atoms with Crippen LogP contribution in [-0.4, -0.2) is 46.6 Å². The Kier molecular flexibility index (Phi) is 11.1. The molecule has 0 bridgehead atoms. The molecule has 210 valence electrons. The third-order valence-corrected chi connectivity index (χ3v) is 6.10.